The van der Waals surface area contributed by atoms with E-state index in [0.29, 0.717) is 6.42 Å². The summed E-state index contributed by atoms with van der Waals surface area (Å²) in [4.78, 5) is 11.4. The van der Waals surface area contributed by atoms with Crippen LogP contribution in [0.2, 0.25) is 0 Å². The van der Waals surface area contributed by atoms with Crippen molar-refractivity contribution in [3.05, 3.63) is 0 Å². The van der Waals surface area contributed by atoms with Crippen molar-refractivity contribution >= 4 is 5.78 Å². The van der Waals surface area contributed by atoms with Gasteiger partial charge in [-0.05, 0) is 13.3 Å². The minimum absolute atomic E-state index is 0.000374. The number of Topliss-reactive ketones (excluding diaryl/α,β-unsaturated/α-hetero) is 1. The van der Waals surface area contributed by atoms with Crippen LogP contribution in [-0.4, -0.2) is 17.0 Å². The first-order chi connectivity index (χ1) is 18.7. The maximum Gasteiger partial charge on any atom is 0.160 e. The largest absolute Gasteiger partial charge is 0.386 e. The smallest absolute Gasteiger partial charge is 0.160 e. The topological polar surface area (TPSA) is 37.3 Å². The van der Waals surface area contributed by atoms with Crippen molar-refractivity contribution in [2.24, 2.45) is 0 Å². The van der Waals surface area contributed by atoms with Gasteiger partial charge in [-0.3, -0.25) is 4.79 Å². The molecule has 228 valence electrons. The van der Waals surface area contributed by atoms with Crippen LogP contribution in [-0.2, 0) is 4.79 Å². The minimum atomic E-state index is -0.774. The number of rotatable bonds is 33. The van der Waals surface area contributed by atoms with Gasteiger partial charge in [-0.2, -0.15) is 0 Å². The Morgan fingerprint density at radius 3 is 0.763 bits per heavy atom. The number of carbonyl (C=O) groups is 1. The summed E-state index contributed by atoms with van der Waals surface area (Å²) < 4.78 is 0. The van der Waals surface area contributed by atoms with Gasteiger partial charge >= 0.3 is 0 Å². The predicted octanol–water partition coefficient (Wildman–Crippen LogP) is 12.4. The Morgan fingerprint density at radius 1 is 0.395 bits per heavy atom. The summed E-state index contributed by atoms with van der Waals surface area (Å²) in [6.45, 7) is 3.88. The average Bonchev–Trinajstić information content (AvgIpc) is 2.91. The molecule has 0 amide bonds. The SMILES string of the molecule is CCCCCCCCCCCCCCCCCCCCCCCCCCCCCCCCCC(=O)C(C)O. The summed E-state index contributed by atoms with van der Waals surface area (Å²) in [6.07, 6.45) is 43.6. The normalized spacial score (nSPS) is 12.3. The number of ketones is 1. The van der Waals surface area contributed by atoms with Crippen LogP contribution in [0.1, 0.15) is 219 Å². The number of aliphatic hydroxyl groups excluding tert-OH is 1. The van der Waals surface area contributed by atoms with E-state index in [-0.39, 0.29) is 5.78 Å². The van der Waals surface area contributed by atoms with Gasteiger partial charge in [0, 0.05) is 6.42 Å². The molecule has 0 aliphatic heterocycles. The molecule has 0 aliphatic carbocycles. The lowest BCUT2D eigenvalue weighted by molar-refractivity contribution is -0.126. The van der Waals surface area contributed by atoms with Crippen LogP contribution in [0.25, 0.3) is 0 Å². The second-order valence-electron chi connectivity index (χ2n) is 12.5. The first kappa shape index (κ1) is 37.6. The number of carbonyl (C=O) groups excluding carboxylic acids is 1. The quantitative estimate of drug-likeness (QED) is 0.0847. The van der Waals surface area contributed by atoms with E-state index in [4.69, 9.17) is 0 Å². The average molecular weight is 537 g/mol. The molecule has 0 spiro atoms. The molecule has 0 radical (unpaired) electrons. The molecule has 0 heterocycles. The molecule has 0 aromatic rings. The van der Waals surface area contributed by atoms with Crippen molar-refractivity contribution in [2.45, 2.75) is 225 Å². The minimum Gasteiger partial charge on any atom is -0.386 e. The molecule has 0 fully saturated rings. The molecule has 0 bridgehead atoms. The molecule has 1 unspecified atom stereocenters. The summed E-state index contributed by atoms with van der Waals surface area (Å²) in [5, 5.41) is 9.18. The van der Waals surface area contributed by atoms with Crippen LogP contribution in [0.4, 0.5) is 0 Å². The molecule has 1 N–H and O–H groups in total. The van der Waals surface area contributed by atoms with Crippen LogP contribution in [0.15, 0.2) is 0 Å². The Bertz CT molecular complexity index is 445. The van der Waals surface area contributed by atoms with E-state index >= 15 is 0 Å². The third kappa shape index (κ3) is 31.8. The van der Waals surface area contributed by atoms with Gasteiger partial charge in [0.15, 0.2) is 5.78 Å². The highest BCUT2D eigenvalue weighted by atomic mass is 16.3. The fraction of sp³-hybridized carbons (Fsp3) is 0.972. The fourth-order valence-corrected chi connectivity index (χ4v) is 5.71. The van der Waals surface area contributed by atoms with E-state index in [1.807, 2.05) is 0 Å². The number of aliphatic hydroxyl groups is 1. The molecular weight excluding hydrogens is 464 g/mol. The van der Waals surface area contributed by atoms with Gasteiger partial charge < -0.3 is 5.11 Å². The Morgan fingerprint density at radius 2 is 0.579 bits per heavy atom. The number of unbranched alkanes of at least 4 members (excludes halogenated alkanes) is 30. The number of hydrogen-bond acceptors (Lipinski definition) is 2. The van der Waals surface area contributed by atoms with Crippen molar-refractivity contribution in [3.8, 4) is 0 Å². The standard InChI is InChI=1S/C36H72O2/c1-3-4-5-6-7-8-9-10-11-12-13-14-15-16-17-18-19-20-21-22-23-24-25-26-27-28-29-30-31-32-33-34-36(38)35(2)37/h35,37H,3-34H2,1-2H3. The van der Waals surface area contributed by atoms with Gasteiger partial charge in [-0.15, -0.1) is 0 Å². The highest BCUT2D eigenvalue weighted by Gasteiger charge is 2.07. The van der Waals surface area contributed by atoms with E-state index in [2.05, 4.69) is 6.92 Å². The zero-order chi connectivity index (χ0) is 27.8. The van der Waals surface area contributed by atoms with Crippen LogP contribution in [0.3, 0.4) is 0 Å². The lowest BCUT2D eigenvalue weighted by Gasteiger charge is -2.05. The van der Waals surface area contributed by atoms with Gasteiger partial charge in [0.2, 0.25) is 0 Å². The van der Waals surface area contributed by atoms with Crippen LogP contribution >= 0.6 is 0 Å². The van der Waals surface area contributed by atoms with Crippen molar-refractivity contribution in [3.63, 3.8) is 0 Å². The van der Waals surface area contributed by atoms with Crippen LogP contribution in [0, 0.1) is 0 Å². The molecule has 0 saturated heterocycles. The van der Waals surface area contributed by atoms with E-state index in [1.165, 1.54) is 186 Å². The summed E-state index contributed by atoms with van der Waals surface area (Å²) >= 11 is 0. The van der Waals surface area contributed by atoms with Crippen molar-refractivity contribution in [1.82, 2.24) is 0 Å². The third-order valence-electron chi connectivity index (χ3n) is 8.49. The summed E-state index contributed by atoms with van der Waals surface area (Å²) in [6, 6.07) is 0. The van der Waals surface area contributed by atoms with Gasteiger partial charge in [0.1, 0.15) is 6.10 Å². The molecule has 2 heteroatoms. The van der Waals surface area contributed by atoms with Gasteiger partial charge in [-0.1, -0.05) is 200 Å². The van der Waals surface area contributed by atoms with E-state index in [9.17, 15) is 9.90 Å². The first-order valence-corrected chi connectivity index (χ1v) is 17.9. The van der Waals surface area contributed by atoms with Gasteiger partial charge in [-0.25, -0.2) is 0 Å². The molecular formula is C36H72O2. The highest BCUT2D eigenvalue weighted by Crippen LogP contribution is 2.16. The predicted molar refractivity (Wildman–Crippen MR) is 170 cm³/mol. The summed E-state index contributed by atoms with van der Waals surface area (Å²) in [5.74, 6) is 0.000374. The lowest BCUT2D eigenvalue weighted by Crippen LogP contribution is -2.15. The van der Waals surface area contributed by atoms with E-state index < -0.39 is 6.10 Å². The van der Waals surface area contributed by atoms with Gasteiger partial charge in [0.25, 0.3) is 0 Å². The van der Waals surface area contributed by atoms with E-state index in [0.717, 1.165) is 12.8 Å². The zero-order valence-corrected chi connectivity index (χ0v) is 26.6. The van der Waals surface area contributed by atoms with Crippen molar-refractivity contribution < 1.29 is 9.90 Å². The van der Waals surface area contributed by atoms with Gasteiger partial charge in [0.05, 0.1) is 0 Å². The molecule has 0 saturated carbocycles. The van der Waals surface area contributed by atoms with Crippen LogP contribution in [0.5, 0.6) is 0 Å². The Kier molecular flexibility index (Phi) is 32.5. The third-order valence-corrected chi connectivity index (χ3v) is 8.49. The zero-order valence-electron chi connectivity index (χ0n) is 26.6. The summed E-state index contributed by atoms with van der Waals surface area (Å²) in [5.41, 5.74) is 0. The maximum absolute atomic E-state index is 11.4. The van der Waals surface area contributed by atoms with Crippen molar-refractivity contribution in [1.29, 1.82) is 0 Å². The molecule has 0 aromatic carbocycles. The van der Waals surface area contributed by atoms with Crippen molar-refractivity contribution in [2.75, 3.05) is 0 Å². The Hall–Kier alpha value is -0.370. The molecule has 0 aromatic heterocycles. The fourth-order valence-electron chi connectivity index (χ4n) is 5.71. The Labute approximate surface area is 240 Å². The van der Waals surface area contributed by atoms with E-state index in [1.54, 1.807) is 6.92 Å². The Balaban J connectivity index is 3.05. The molecule has 0 aliphatic rings. The second kappa shape index (κ2) is 32.8. The van der Waals surface area contributed by atoms with Crippen LogP contribution < -0.4 is 0 Å². The second-order valence-corrected chi connectivity index (χ2v) is 12.5. The summed E-state index contributed by atoms with van der Waals surface area (Å²) in [7, 11) is 0. The highest BCUT2D eigenvalue weighted by molar-refractivity contribution is 5.82. The molecule has 1 atom stereocenters. The molecule has 38 heavy (non-hydrogen) atoms. The first-order valence-electron chi connectivity index (χ1n) is 17.9. The monoisotopic (exact) mass is 537 g/mol. The number of hydrogen-bond donors (Lipinski definition) is 1. The molecule has 2 nitrogen and oxygen atoms in total. The lowest BCUT2D eigenvalue weighted by atomic mass is 10.0. The maximum atomic E-state index is 11.4. The molecule has 0 rings (SSSR count).